The van der Waals surface area contributed by atoms with Crippen LogP contribution in [-0.4, -0.2) is 19.7 Å². The van der Waals surface area contributed by atoms with Gasteiger partial charge in [-0.25, -0.2) is 9.78 Å². The fourth-order valence-electron chi connectivity index (χ4n) is 1.31. The molecular formula is C9H10N4O. The predicted molar refractivity (Wildman–Crippen MR) is 51.8 cm³/mol. The minimum atomic E-state index is -0.338. The van der Waals surface area contributed by atoms with Gasteiger partial charge < -0.3 is 4.98 Å². The van der Waals surface area contributed by atoms with Crippen molar-refractivity contribution in [3.63, 3.8) is 0 Å². The number of nitrogens with zero attached hydrogens (tertiary/aromatic N) is 3. The Hall–Kier alpha value is -1.91. The van der Waals surface area contributed by atoms with Gasteiger partial charge in [0, 0.05) is 25.0 Å². The largest absolute Gasteiger partial charge is 0.345 e. The molecule has 0 fully saturated rings. The van der Waals surface area contributed by atoms with E-state index in [0.29, 0.717) is 0 Å². The summed E-state index contributed by atoms with van der Waals surface area (Å²) >= 11 is 0. The first-order chi connectivity index (χ1) is 6.66. The molecule has 5 heteroatoms. The van der Waals surface area contributed by atoms with Gasteiger partial charge in [-0.2, -0.15) is 5.10 Å². The van der Waals surface area contributed by atoms with Gasteiger partial charge in [0.15, 0.2) is 0 Å². The lowest BCUT2D eigenvalue weighted by Crippen LogP contribution is -2.11. The van der Waals surface area contributed by atoms with Crippen LogP contribution in [-0.2, 0) is 7.05 Å². The Morgan fingerprint density at radius 1 is 1.43 bits per heavy atom. The van der Waals surface area contributed by atoms with Crippen molar-refractivity contribution < 1.29 is 0 Å². The highest BCUT2D eigenvalue weighted by atomic mass is 16.1. The molecule has 72 valence electrons. The van der Waals surface area contributed by atoms with Crippen molar-refractivity contribution in [1.29, 1.82) is 0 Å². The van der Waals surface area contributed by atoms with Crippen molar-refractivity contribution in [2.75, 3.05) is 0 Å². The maximum absolute atomic E-state index is 11.0. The van der Waals surface area contributed by atoms with Crippen LogP contribution >= 0.6 is 0 Å². The molecule has 0 unspecified atom stereocenters. The highest BCUT2D eigenvalue weighted by Gasteiger charge is 2.04. The van der Waals surface area contributed by atoms with Crippen molar-refractivity contribution in [2.24, 2.45) is 7.05 Å². The zero-order valence-corrected chi connectivity index (χ0v) is 7.98. The molecule has 2 rings (SSSR count). The third-order valence-corrected chi connectivity index (χ3v) is 2.00. The first-order valence-electron chi connectivity index (χ1n) is 4.22. The molecule has 2 heterocycles. The molecule has 2 aromatic heterocycles. The van der Waals surface area contributed by atoms with Gasteiger partial charge in [0.1, 0.15) is 0 Å². The van der Waals surface area contributed by atoms with E-state index >= 15 is 0 Å². The Morgan fingerprint density at radius 3 is 2.86 bits per heavy atom. The molecule has 0 aliphatic heterocycles. The average Bonchev–Trinajstić information content (AvgIpc) is 2.56. The van der Waals surface area contributed by atoms with Crippen molar-refractivity contribution >= 4 is 0 Å². The van der Waals surface area contributed by atoms with Crippen LogP contribution in [0.5, 0.6) is 0 Å². The minimum Gasteiger partial charge on any atom is -0.305 e. The number of aromatic nitrogens is 4. The highest BCUT2D eigenvalue weighted by Crippen LogP contribution is 2.17. The van der Waals surface area contributed by atoms with Gasteiger partial charge in [-0.1, -0.05) is 0 Å². The van der Waals surface area contributed by atoms with Crippen LogP contribution in [0.4, 0.5) is 0 Å². The van der Waals surface area contributed by atoms with Gasteiger partial charge >= 0.3 is 5.69 Å². The van der Waals surface area contributed by atoms with Crippen LogP contribution in [0, 0.1) is 6.92 Å². The van der Waals surface area contributed by atoms with Crippen LogP contribution in [0.2, 0.25) is 0 Å². The van der Waals surface area contributed by atoms with Gasteiger partial charge in [-0.05, 0) is 12.5 Å². The Kier molecular flexibility index (Phi) is 1.92. The summed E-state index contributed by atoms with van der Waals surface area (Å²) in [4.78, 5) is 17.3. The number of rotatable bonds is 1. The van der Waals surface area contributed by atoms with E-state index in [0.717, 1.165) is 16.8 Å². The molecule has 0 saturated heterocycles. The van der Waals surface area contributed by atoms with Gasteiger partial charge in [0.25, 0.3) is 0 Å². The third kappa shape index (κ3) is 1.44. The van der Waals surface area contributed by atoms with E-state index < -0.39 is 0 Å². The second kappa shape index (κ2) is 3.10. The van der Waals surface area contributed by atoms with Crippen LogP contribution < -0.4 is 5.69 Å². The van der Waals surface area contributed by atoms with E-state index in [1.54, 1.807) is 17.1 Å². The molecular weight excluding hydrogens is 180 g/mol. The molecule has 0 bridgehead atoms. The zero-order valence-electron chi connectivity index (χ0n) is 7.98. The van der Waals surface area contributed by atoms with Gasteiger partial charge in [-0.15, -0.1) is 0 Å². The summed E-state index contributed by atoms with van der Waals surface area (Å²) in [6.07, 6.45) is 5.11. The molecule has 0 aliphatic carbocycles. The second-order valence-electron chi connectivity index (χ2n) is 3.15. The monoisotopic (exact) mass is 190 g/mol. The number of nitrogens with one attached hydrogen (secondary N) is 1. The summed E-state index contributed by atoms with van der Waals surface area (Å²) in [7, 11) is 1.83. The number of aryl methyl sites for hydroxylation is 2. The lowest BCUT2D eigenvalue weighted by Gasteiger charge is -1.99. The molecule has 0 aliphatic rings. The Balaban J connectivity index is 2.61. The molecule has 0 aromatic carbocycles. The number of H-pyrrole nitrogens is 1. The van der Waals surface area contributed by atoms with Crippen LogP contribution in [0.25, 0.3) is 11.3 Å². The van der Waals surface area contributed by atoms with Gasteiger partial charge in [0.2, 0.25) is 0 Å². The maximum Gasteiger partial charge on any atom is 0.345 e. The normalized spacial score (nSPS) is 10.4. The molecule has 5 nitrogen and oxygen atoms in total. The topological polar surface area (TPSA) is 63.6 Å². The maximum atomic E-state index is 11.0. The summed E-state index contributed by atoms with van der Waals surface area (Å²) in [6, 6.07) is 0. The average molecular weight is 190 g/mol. The van der Waals surface area contributed by atoms with Crippen molar-refractivity contribution in [3.05, 3.63) is 34.6 Å². The molecule has 14 heavy (non-hydrogen) atoms. The molecule has 0 saturated carbocycles. The first-order valence-corrected chi connectivity index (χ1v) is 4.22. The number of hydrogen-bond donors (Lipinski definition) is 1. The number of aromatic amines is 1. The Bertz CT molecular complexity index is 512. The van der Waals surface area contributed by atoms with Crippen molar-refractivity contribution in [1.82, 2.24) is 19.7 Å². The predicted octanol–water partition coefficient (Wildman–Crippen LogP) is 0.479. The van der Waals surface area contributed by atoms with Gasteiger partial charge in [-0.3, -0.25) is 4.68 Å². The Labute approximate surface area is 80.4 Å². The standard InChI is InChI=1S/C9H10N4O/c1-6-3-10-9(14)12-8(6)7-4-11-13(2)5-7/h3-5H,1-2H3,(H,10,12,14). The van der Waals surface area contributed by atoms with E-state index in [-0.39, 0.29) is 5.69 Å². The lowest BCUT2D eigenvalue weighted by atomic mass is 10.2. The fraction of sp³-hybridized carbons (Fsp3) is 0.222. The minimum absolute atomic E-state index is 0.338. The van der Waals surface area contributed by atoms with E-state index in [1.165, 1.54) is 0 Å². The summed E-state index contributed by atoms with van der Waals surface area (Å²) in [6.45, 7) is 1.89. The van der Waals surface area contributed by atoms with Crippen LogP contribution in [0.15, 0.2) is 23.4 Å². The van der Waals surface area contributed by atoms with Gasteiger partial charge in [0.05, 0.1) is 11.9 Å². The van der Waals surface area contributed by atoms with Crippen LogP contribution in [0.1, 0.15) is 5.56 Å². The lowest BCUT2D eigenvalue weighted by molar-refractivity contribution is 0.768. The third-order valence-electron chi connectivity index (χ3n) is 2.00. The molecule has 1 N–H and O–H groups in total. The van der Waals surface area contributed by atoms with E-state index in [1.807, 2.05) is 20.2 Å². The second-order valence-corrected chi connectivity index (χ2v) is 3.15. The molecule has 0 amide bonds. The van der Waals surface area contributed by atoms with Crippen molar-refractivity contribution in [3.8, 4) is 11.3 Å². The fourth-order valence-corrected chi connectivity index (χ4v) is 1.31. The number of hydrogen-bond acceptors (Lipinski definition) is 3. The quantitative estimate of drug-likeness (QED) is 0.711. The summed E-state index contributed by atoms with van der Waals surface area (Å²) in [5, 5.41) is 4.04. The Morgan fingerprint density at radius 2 is 2.21 bits per heavy atom. The molecule has 0 radical (unpaired) electrons. The van der Waals surface area contributed by atoms with E-state index in [4.69, 9.17) is 0 Å². The molecule has 0 atom stereocenters. The van der Waals surface area contributed by atoms with Crippen LogP contribution in [0.3, 0.4) is 0 Å². The summed E-state index contributed by atoms with van der Waals surface area (Å²) in [5.74, 6) is 0. The molecule has 0 spiro atoms. The molecule has 2 aromatic rings. The van der Waals surface area contributed by atoms with E-state index in [9.17, 15) is 4.79 Å². The first kappa shape index (κ1) is 8.68. The summed E-state index contributed by atoms with van der Waals surface area (Å²) in [5.41, 5.74) is 2.26. The smallest absolute Gasteiger partial charge is 0.305 e. The van der Waals surface area contributed by atoms with E-state index in [2.05, 4.69) is 15.1 Å². The zero-order chi connectivity index (χ0) is 10.1. The highest BCUT2D eigenvalue weighted by molar-refractivity contribution is 5.59. The SMILES string of the molecule is Cc1cnc(=O)[nH]c1-c1cnn(C)c1. The van der Waals surface area contributed by atoms with Crippen molar-refractivity contribution in [2.45, 2.75) is 6.92 Å². The summed E-state index contributed by atoms with van der Waals surface area (Å²) < 4.78 is 1.69.